The van der Waals surface area contributed by atoms with Gasteiger partial charge in [-0.2, -0.15) is 26.3 Å². The van der Waals surface area contributed by atoms with Gasteiger partial charge >= 0.3 is 18.4 Å². The molecule has 0 aromatic heterocycles. The zero-order valence-corrected chi connectivity index (χ0v) is 25.3. The molecule has 1 fully saturated rings. The Morgan fingerprint density at radius 1 is 1.10 bits per heavy atom. The van der Waals surface area contributed by atoms with Crippen LogP contribution in [0.25, 0.3) is 0 Å². The van der Waals surface area contributed by atoms with Crippen LogP contribution in [0.4, 0.5) is 35.5 Å². The highest BCUT2D eigenvalue weighted by Crippen LogP contribution is 2.31. The number of carbonyl (C=O) groups is 2. The summed E-state index contributed by atoms with van der Waals surface area (Å²) in [6, 6.07) is -2.26. The van der Waals surface area contributed by atoms with Crippen LogP contribution in [0.5, 0.6) is 0 Å². The third-order valence-corrected chi connectivity index (χ3v) is 7.69. The molecule has 0 aromatic carbocycles. The Labute approximate surface area is 244 Å². The molecule has 1 heterocycles. The van der Waals surface area contributed by atoms with E-state index in [4.69, 9.17) is 0 Å². The lowest BCUT2D eigenvalue weighted by molar-refractivity contribution is -0.128. The Morgan fingerprint density at radius 3 is 2.21 bits per heavy atom. The van der Waals surface area contributed by atoms with E-state index in [1.54, 1.807) is 18.7 Å². The van der Waals surface area contributed by atoms with Gasteiger partial charge in [0, 0.05) is 51.8 Å². The molecule has 3 unspecified atom stereocenters. The number of hydrogen-bond acceptors (Lipinski definition) is 3. The molecule has 1 N–H and O–H groups in total. The summed E-state index contributed by atoms with van der Waals surface area (Å²) >= 11 is 0. The Morgan fingerprint density at radius 2 is 1.71 bits per heavy atom. The Kier molecular flexibility index (Phi) is 14.3. The number of carbonyl (C=O) groups excluding carboxylic acids is 2. The van der Waals surface area contributed by atoms with Crippen molar-refractivity contribution in [3.63, 3.8) is 0 Å². The van der Waals surface area contributed by atoms with E-state index in [0.29, 0.717) is 62.1 Å². The molecule has 240 valence electrons. The number of halogens is 7. The predicted molar refractivity (Wildman–Crippen MR) is 149 cm³/mol. The van der Waals surface area contributed by atoms with Crippen molar-refractivity contribution in [1.29, 1.82) is 0 Å². The first-order valence-corrected chi connectivity index (χ1v) is 13.8. The van der Waals surface area contributed by atoms with E-state index in [1.807, 2.05) is 6.92 Å². The van der Waals surface area contributed by atoms with Crippen molar-refractivity contribution in [2.45, 2.75) is 91.3 Å². The van der Waals surface area contributed by atoms with Gasteiger partial charge < -0.3 is 20.0 Å². The molecule has 6 nitrogen and oxygen atoms in total. The van der Waals surface area contributed by atoms with Crippen LogP contribution in [0.2, 0.25) is 0 Å². The van der Waals surface area contributed by atoms with Crippen molar-refractivity contribution in [2.24, 2.45) is 0 Å². The van der Waals surface area contributed by atoms with Gasteiger partial charge in [-0.25, -0.2) is 9.18 Å². The normalized spacial score (nSPS) is 20.5. The second kappa shape index (κ2) is 16.1. The van der Waals surface area contributed by atoms with E-state index in [9.17, 15) is 40.3 Å². The van der Waals surface area contributed by atoms with Gasteiger partial charge in [-0.3, -0.25) is 4.79 Å². The zero-order valence-electron chi connectivity index (χ0n) is 25.3. The number of nitrogens with zero attached hydrogens (tertiary/aromatic N) is 3. The minimum absolute atomic E-state index is 0.0499. The summed E-state index contributed by atoms with van der Waals surface area (Å²) in [5.41, 5.74) is -0.0997. The molecule has 42 heavy (non-hydrogen) atoms. The SMILES string of the molecule is CCN(CCNC1CCN(C(=O)N(C)C(C)C(=CCC(F)(F)F)C=C(C)C(F)(F)F)C(C(C)=C(C)C=CF)C1)C(C)=O. The lowest BCUT2D eigenvalue weighted by Crippen LogP contribution is -2.56. The fourth-order valence-electron chi connectivity index (χ4n) is 4.73. The minimum Gasteiger partial charge on any atom is -0.342 e. The number of rotatable bonds is 11. The second-order valence-electron chi connectivity index (χ2n) is 10.6. The number of urea groups is 1. The molecule has 3 amide bonds. The van der Waals surface area contributed by atoms with Crippen molar-refractivity contribution >= 4 is 11.9 Å². The second-order valence-corrected chi connectivity index (χ2v) is 10.6. The van der Waals surface area contributed by atoms with Gasteiger partial charge in [0.1, 0.15) is 0 Å². The van der Waals surface area contributed by atoms with Crippen molar-refractivity contribution in [1.82, 2.24) is 20.0 Å². The summed E-state index contributed by atoms with van der Waals surface area (Å²) < 4.78 is 91.6. The highest BCUT2D eigenvalue weighted by Gasteiger charge is 2.37. The summed E-state index contributed by atoms with van der Waals surface area (Å²) in [6.45, 7) is 10.7. The van der Waals surface area contributed by atoms with E-state index in [2.05, 4.69) is 5.32 Å². The first-order valence-electron chi connectivity index (χ1n) is 13.8. The average Bonchev–Trinajstić information content (AvgIpc) is 2.90. The van der Waals surface area contributed by atoms with Crippen LogP contribution in [0.15, 0.2) is 46.9 Å². The Hall–Kier alpha value is -2.83. The highest BCUT2D eigenvalue weighted by molar-refractivity contribution is 5.76. The topological polar surface area (TPSA) is 55.9 Å². The van der Waals surface area contributed by atoms with Crippen LogP contribution in [-0.2, 0) is 4.79 Å². The molecule has 1 aliphatic heterocycles. The molecule has 0 bridgehead atoms. The van der Waals surface area contributed by atoms with E-state index < -0.39 is 42.5 Å². The van der Waals surface area contributed by atoms with E-state index in [0.717, 1.165) is 11.8 Å². The number of hydrogen-bond donors (Lipinski definition) is 1. The van der Waals surface area contributed by atoms with Crippen LogP contribution in [0.3, 0.4) is 0 Å². The predicted octanol–water partition coefficient (Wildman–Crippen LogP) is 6.92. The van der Waals surface area contributed by atoms with Gasteiger partial charge in [0.05, 0.1) is 24.8 Å². The summed E-state index contributed by atoms with van der Waals surface area (Å²) in [6.07, 6.45) is -6.95. The monoisotopic (exact) mass is 612 g/mol. The van der Waals surface area contributed by atoms with E-state index >= 15 is 0 Å². The third kappa shape index (κ3) is 11.4. The molecule has 3 atom stereocenters. The van der Waals surface area contributed by atoms with Gasteiger partial charge in [-0.1, -0.05) is 6.08 Å². The summed E-state index contributed by atoms with van der Waals surface area (Å²) in [5.74, 6) is -0.0499. The number of piperidine rings is 1. The lowest BCUT2D eigenvalue weighted by atomic mass is 9.90. The van der Waals surface area contributed by atoms with Crippen LogP contribution < -0.4 is 5.32 Å². The molecule has 1 rings (SSSR count). The van der Waals surface area contributed by atoms with E-state index in [1.165, 1.54) is 31.9 Å². The van der Waals surface area contributed by atoms with Crippen LogP contribution in [0.1, 0.15) is 60.8 Å². The van der Waals surface area contributed by atoms with Crippen molar-refractivity contribution in [3.05, 3.63) is 46.9 Å². The van der Waals surface area contributed by atoms with Crippen molar-refractivity contribution < 1.29 is 40.3 Å². The van der Waals surface area contributed by atoms with Gasteiger partial charge in [-0.15, -0.1) is 0 Å². The van der Waals surface area contributed by atoms with Gasteiger partial charge in [-0.05, 0) is 76.3 Å². The summed E-state index contributed by atoms with van der Waals surface area (Å²) in [4.78, 5) is 29.8. The molecule has 1 aliphatic rings. The molecular formula is C29H43F7N4O2. The average molecular weight is 613 g/mol. The quantitative estimate of drug-likeness (QED) is 0.204. The highest BCUT2D eigenvalue weighted by atomic mass is 19.4. The maximum Gasteiger partial charge on any atom is 0.412 e. The minimum atomic E-state index is -4.75. The lowest BCUT2D eigenvalue weighted by Gasteiger charge is -2.43. The van der Waals surface area contributed by atoms with Crippen LogP contribution in [0, 0.1) is 0 Å². The van der Waals surface area contributed by atoms with Crippen molar-refractivity contribution in [2.75, 3.05) is 33.2 Å². The molecule has 0 radical (unpaired) electrons. The number of likely N-dealkylation sites (tertiary alicyclic amines) is 1. The molecule has 0 spiro atoms. The summed E-state index contributed by atoms with van der Waals surface area (Å²) in [7, 11) is 1.33. The van der Waals surface area contributed by atoms with Gasteiger partial charge in [0.15, 0.2) is 0 Å². The van der Waals surface area contributed by atoms with Crippen LogP contribution in [-0.4, -0.2) is 90.3 Å². The maximum absolute atomic E-state index is 13.7. The number of amides is 3. The number of nitrogens with one attached hydrogen (secondary N) is 1. The first kappa shape index (κ1) is 37.2. The molecule has 0 aromatic rings. The largest absolute Gasteiger partial charge is 0.412 e. The Balaban J connectivity index is 3.30. The molecule has 1 saturated heterocycles. The van der Waals surface area contributed by atoms with Gasteiger partial charge in [0.25, 0.3) is 0 Å². The number of allylic oxidation sites excluding steroid dienone is 4. The molecule has 0 saturated carbocycles. The fourth-order valence-corrected chi connectivity index (χ4v) is 4.73. The standard InChI is InChI=1S/C29H43F7N4O2/c1-8-39(23(6)41)16-14-37-25-11-15-40(26(18-25)21(4)19(2)10-13-30)27(42)38(7)22(5)24(9-12-28(31,32)33)17-20(3)29(34,35)36/h9-10,13,17,22,25-26,37H,8,11-12,14-16,18H2,1-7H3. The zero-order chi connectivity index (χ0) is 32.4. The molecule has 13 heteroatoms. The summed E-state index contributed by atoms with van der Waals surface area (Å²) in [5, 5.41) is 3.40. The molecular weight excluding hydrogens is 569 g/mol. The van der Waals surface area contributed by atoms with Crippen LogP contribution >= 0.6 is 0 Å². The maximum atomic E-state index is 13.7. The van der Waals surface area contributed by atoms with Gasteiger partial charge in [0.2, 0.25) is 5.91 Å². The van der Waals surface area contributed by atoms with Crippen molar-refractivity contribution in [3.8, 4) is 0 Å². The smallest absolute Gasteiger partial charge is 0.342 e. The fraction of sp³-hybridized carbons (Fsp3) is 0.655. The Bertz CT molecular complexity index is 1050. The van der Waals surface area contributed by atoms with E-state index in [-0.39, 0.29) is 24.1 Å². The molecule has 0 aliphatic carbocycles. The number of likely N-dealkylation sites (N-methyl/N-ethyl adjacent to an activating group) is 2. The number of alkyl halides is 6. The third-order valence-electron chi connectivity index (χ3n) is 7.69. The first-order chi connectivity index (χ1) is 19.3.